The van der Waals surface area contributed by atoms with Crippen LogP contribution in [0.3, 0.4) is 0 Å². The number of anilines is 1. The zero-order valence-corrected chi connectivity index (χ0v) is 10.5. The highest BCUT2D eigenvalue weighted by Gasteiger charge is 2.35. The second kappa shape index (κ2) is 4.95. The molecule has 2 atom stereocenters. The van der Waals surface area contributed by atoms with Crippen molar-refractivity contribution in [3.8, 4) is 6.07 Å². The monoisotopic (exact) mass is 242 g/mol. The molecule has 2 aliphatic heterocycles. The van der Waals surface area contributed by atoms with E-state index < -0.39 is 0 Å². The smallest absolute Gasteiger partial charge is 0.144 e. The van der Waals surface area contributed by atoms with E-state index in [9.17, 15) is 0 Å². The first-order chi connectivity index (χ1) is 8.88. The second-order valence-electron chi connectivity index (χ2n) is 5.15. The average Bonchev–Trinajstić information content (AvgIpc) is 2.83. The van der Waals surface area contributed by atoms with Gasteiger partial charge in [0.1, 0.15) is 11.9 Å². The Labute approximate surface area is 108 Å². The molecule has 1 aromatic rings. The van der Waals surface area contributed by atoms with Crippen LogP contribution >= 0.6 is 0 Å². The lowest BCUT2D eigenvalue weighted by molar-refractivity contribution is 0.192. The summed E-state index contributed by atoms with van der Waals surface area (Å²) in [7, 11) is 0. The van der Waals surface area contributed by atoms with E-state index in [1.165, 1.54) is 32.4 Å². The minimum absolute atomic E-state index is 0.451. The van der Waals surface area contributed by atoms with E-state index in [0.717, 1.165) is 12.2 Å². The number of fused-ring (bicyclic) bond motifs is 1. The van der Waals surface area contributed by atoms with Gasteiger partial charge in [0.25, 0.3) is 0 Å². The van der Waals surface area contributed by atoms with Gasteiger partial charge < -0.3 is 5.32 Å². The molecule has 3 rings (SSSR count). The molecule has 2 aliphatic rings. The Balaban J connectivity index is 1.75. The van der Waals surface area contributed by atoms with E-state index in [1.54, 1.807) is 6.20 Å². The van der Waals surface area contributed by atoms with Gasteiger partial charge in [0.05, 0.1) is 5.56 Å². The molecule has 0 radical (unpaired) electrons. The van der Waals surface area contributed by atoms with Crippen LogP contribution in [0.5, 0.6) is 0 Å². The molecule has 2 fully saturated rings. The van der Waals surface area contributed by atoms with Gasteiger partial charge in [-0.15, -0.1) is 0 Å². The van der Waals surface area contributed by atoms with Gasteiger partial charge in [-0.25, -0.2) is 4.98 Å². The summed E-state index contributed by atoms with van der Waals surface area (Å²) in [5.41, 5.74) is 0.645. The zero-order valence-electron chi connectivity index (χ0n) is 10.5. The minimum Gasteiger partial charge on any atom is -0.365 e. The molecule has 4 nitrogen and oxygen atoms in total. The number of nitrogens with zero attached hydrogens (tertiary/aromatic N) is 3. The Kier molecular flexibility index (Phi) is 3.16. The van der Waals surface area contributed by atoms with E-state index in [1.807, 2.05) is 12.1 Å². The van der Waals surface area contributed by atoms with Crippen molar-refractivity contribution in [2.45, 2.75) is 37.8 Å². The van der Waals surface area contributed by atoms with Gasteiger partial charge in [0, 0.05) is 24.8 Å². The summed E-state index contributed by atoms with van der Waals surface area (Å²) < 4.78 is 0. The fraction of sp³-hybridized carbons (Fsp3) is 0.571. The molecule has 0 amide bonds. The van der Waals surface area contributed by atoms with Crippen molar-refractivity contribution in [3.63, 3.8) is 0 Å². The molecular weight excluding hydrogens is 224 g/mol. The van der Waals surface area contributed by atoms with Gasteiger partial charge in [-0.3, -0.25) is 4.90 Å². The van der Waals surface area contributed by atoms with Crippen LogP contribution in [-0.4, -0.2) is 35.1 Å². The summed E-state index contributed by atoms with van der Waals surface area (Å²) >= 11 is 0. The van der Waals surface area contributed by atoms with E-state index >= 15 is 0 Å². The number of nitriles is 1. The predicted octanol–water partition coefficient (Wildman–Crippen LogP) is 1.99. The summed E-state index contributed by atoms with van der Waals surface area (Å²) in [4.78, 5) is 6.88. The molecule has 18 heavy (non-hydrogen) atoms. The topological polar surface area (TPSA) is 52.0 Å². The molecule has 0 spiro atoms. The van der Waals surface area contributed by atoms with Crippen LogP contribution in [0.1, 0.15) is 31.2 Å². The molecule has 0 aromatic carbocycles. The molecule has 0 unspecified atom stereocenters. The summed E-state index contributed by atoms with van der Waals surface area (Å²) in [6.07, 6.45) is 6.83. The van der Waals surface area contributed by atoms with Crippen LogP contribution in [0.2, 0.25) is 0 Å². The molecule has 0 saturated carbocycles. The van der Waals surface area contributed by atoms with Crippen LogP contribution in [0.15, 0.2) is 18.3 Å². The Morgan fingerprint density at radius 1 is 1.33 bits per heavy atom. The molecule has 1 N–H and O–H groups in total. The minimum atomic E-state index is 0.451. The summed E-state index contributed by atoms with van der Waals surface area (Å²) in [5, 5.41) is 12.6. The standard InChI is InChI=1S/C14H18N4/c15-10-11-4-3-7-16-14(11)17-12-6-9-18-8-2-1-5-13(12)18/h3-4,7,12-13H,1-2,5-6,8-9H2,(H,16,17)/t12-,13-/m0/s1. The van der Waals surface area contributed by atoms with Crippen LogP contribution < -0.4 is 5.32 Å². The number of hydrogen-bond acceptors (Lipinski definition) is 4. The zero-order chi connectivity index (χ0) is 12.4. The van der Waals surface area contributed by atoms with Gasteiger partial charge in [-0.05, 0) is 37.9 Å². The number of rotatable bonds is 2. The van der Waals surface area contributed by atoms with E-state index in [4.69, 9.17) is 5.26 Å². The summed E-state index contributed by atoms with van der Waals surface area (Å²) in [5.74, 6) is 0.748. The highest BCUT2D eigenvalue weighted by Crippen LogP contribution is 2.29. The van der Waals surface area contributed by atoms with E-state index in [-0.39, 0.29) is 0 Å². The maximum Gasteiger partial charge on any atom is 0.144 e. The van der Waals surface area contributed by atoms with Crippen molar-refractivity contribution in [1.82, 2.24) is 9.88 Å². The highest BCUT2D eigenvalue weighted by molar-refractivity contribution is 5.52. The molecule has 3 heterocycles. The lowest BCUT2D eigenvalue weighted by Crippen LogP contribution is -2.41. The van der Waals surface area contributed by atoms with Crippen LogP contribution in [0, 0.1) is 11.3 Å². The fourth-order valence-electron chi connectivity index (χ4n) is 3.20. The van der Waals surface area contributed by atoms with Crippen molar-refractivity contribution in [2.24, 2.45) is 0 Å². The van der Waals surface area contributed by atoms with Crippen molar-refractivity contribution >= 4 is 5.82 Å². The Hall–Kier alpha value is -1.60. The maximum absolute atomic E-state index is 9.08. The molecule has 0 aliphatic carbocycles. The normalized spacial score (nSPS) is 27.5. The quantitative estimate of drug-likeness (QED) is 0.861. The van der Waals surface area contributed by atoms with Crippen molar-refractivity contribution < 1.29 is 0 Å². The first kappa shape index (κ1) is 11.5. The number of aromatic nitrogens is 1. The molecule has 4 heteroatoms. The van der Waals surface area contributed by atoms with Gasteiger partial charge in [0.15, 0.2) is 0 Å². The third-order valence-electron chi connectivity index (χ3n) is 4.11. The van der Waals surface area contributed by atoms with Crippen molar-refractivity contribution in [1.29, 1.82) is 5.26 Å². The third-order valence-corrected chi connectivity index (χ3v) is 4.11. The van der Waals surface area contributed by atoms with E-state index in [2.05, 4.69) is 21.3 Å². The molecule has 2 saturated heterocycles. The van der Waals surface area contributed by atoms with Crippen LogP contribution in [0.4, 0.5) is 5.82 Å². The van der Waals surface area contributed by atoms with Crippen LogP contribution in [-0.2, 0) is 0 Å². The summed E-state index contributed by atoms with van der Waals surface area (Å²) in [6.45, 7) is 2.41. The number of pyridine rings is 1. The van der Waals surface area contributed by atoms with E-state index in [0.29, 0.717) is 17.6 Å². The van der Waals surface area contributed by atoms with Gasteiger partial charge >= 0.3 is 0 Å². The largest absolute Gasteiger partial charge is 0.365 e. The van der Waals surface area contributed by atoms with Crippen molar-refractivity contribution in [2.75, 3.05) is 18.4 Å². The van der Waals surface area contributed by atoms with Gasteiger partial charge in [-0.2, -0.15) is 5.26 Å². The molecular formula is C14H18N4. The maximum atomic E-state index is 9.08. The SMILES string of the molecule is N#Cc1cccnc1N[C@H]1CCN2CCCC[C@@H]12. The Morgan fingerprint density at radius 2 is 2.28 bits per heavy atom. The van der Waals surface area contributed by atoms with Crippen LogP contribution in [0.25, 0.3) is 0 Å². The highest BCUT2D eigenvalue weighted by atomic mass is 15.2. The first-order valence-corrected chi connectivity index (χ1v) is 6.74. The fourth-order valence-corrected chi connectivity index (χ4v) is 3.20. The number of hydrogen-bond donors (Lipinski definition) is 1. The lowest BCUT2D eigenvalue weighted by Gasteiger charge is -2.32. The Bertz CT molecular complexity index is 465. The third kappa shape index (κ3) is 2.06. The molecule has 1 aromatic heterocycles. The van der Waals surface area contributed by atoms with Crippen molar-refractivity contribution in [3.05, 3.63) is 23.9 Å². The Morgan fingerprint density at radius 3 is 3.17 bits per heavy atom. The first-order valence-electron chi connectivity index (χ1n) is 6.74. The number of nitrogens with one attached hydrogen (secondary N) is 1. The lowest BCUT2D eigenvalue weighted by atomic mass is 9.99. The molecule has 94 valence electrons. The van der Waals surface area contributed by atoms with Gasteiger partial charge in [0.2, 0.25) is 0 Å². The number of piperidine rings is 1. The van der Waals surface area contributed by atoms with Gasteiger partial charge in [-0.1, -0.05) is 6.42 Å². The average molecular weight is 242 g/mol. The summed E-state index contributed by atoms with van der Waals surface area (Å²) in [6, 6.07) is 6.92. The molecule has 0 bridgehead atoms. The second-order valence-corrected chi connectivity index (χ2v) is 5.15. The predicted molar refractivity (Wildman–Crippen MR) is 70.2 cm³/mol.